The van der Waals surface area contributed by atoms with Gasteiger partial charge in [-0.1, -0.05) is 26.8 Å². The van der Waals surface area contributed by atoms with Crippen LogP contribution in [0.3, 0.4) is 0 Å². The molecule has 0 saturated heterocycles. The number of nitrogens with one attached hydrogen (secondary N) is 1. The molecule has 0 unspecified atom stereocenters. The number of amides is 1. The van der Waals surface area contributed by atoms with Gasteiger partial charge in [0.2, 0.25) is 11.8 Å². The van der Waals surface area contributed by atoms with Gasteiger partial charge in [-0.2, -0.15) is 13.2 Å². The number of benzene rings is 1. The van der Waals surface area contributed by atoms with E-state index < -0.39 is 23.1 Å². The molecule has 2 heterocycles. The summed E-state index contributed by atoms with van der Waals surface area (Å²) in [4.78, 5) is 16.9. The number of carbonyl (C=O) groups is 1. The Morgan fingerprint density at radius 2 is 1.84 bits per heavy atom. The van der Waals surface area contributed by atoms with Crippen LogP contribution >= 0.6 is 0 Å². The van der Waals surface area contributed by atoms with Gasteiger partial charge in [-0.15, -0.1) is 5.10 Å². The highest BCUT2D eigenvalue weighted by molar-refractivity contribution is 5.96. The molecule has 0 aliphatic carbocycles. The number of aromatic nitrogens is 3. The average molecular weight is 434 g/mol. The highest BCUT2D eigenvalue weighted by atomic mass is 19.4. The third kappa shape index (κ3) is 4.50. The number of aryl methyl sites for hydroxylation is 1. The van der Waals surface area contributed by atoms with Crippen LogP contribution in [-0.2, 0) is 11.0 Å². The normalized spacial score (nSPS) is 12.3. The van der Waals surface area contributed by atoms with Gasteiger partial charge in [-0.25, -0.2) is 9.50 Å². The van der Waals surface area contributed by atoms with Crippen molar-refractivity contribution in [3.05, 3.63) is 41.1 Å². The van der Waals surface area contributed by atoms with Crippen molar-refractivity contribution in [2.45, 2.75) is 47.7 Å². The van der Waals surface area contributed by atoms with E-state index in [0.29, 0.717) is 29.4 Å². The van der Waals surface area contributed by atoms with Crippen molar-refractivity contribution < 1.29 is 22.7 Å². The molecular formula is C22H25F3N4O2. The summed E-state index contributed by atoms with van der Waals surface area (Å²) >= 11 is 0. The van der Waals surface area contributed by atoms with Gasteiger partial charge in [0.15, 0.2) is 5.65 Å². The molecule has 0 atom stereocenters. The molecule has 1 amide bonds. The first-order chi connectivity index (χ1) is 14.3. The number of hydrogen-bond donors (Lipinski definition) is 1. The fourth-order valence-electron chi connectivity index (χ4n) is 2.98. The van der Waals surface area contributed by atoms with Crippen LogP contribution in [0.5, 0.6) is 5.88 Å². The number of imidazole rings is 1. The third-order valence-corrected chi connectivity index (χ3v) is 4.94. The molecule has 0 spiro atoms. The lowest BCUT2D eigenvalue weighted by molar-refractivity contribution is -0.137. The number of rotatable bonds is 4. The Bertz CT molecular complexity index is 1140. The van der Waals surface area contributed by atoms with Crippen LogP contribution < -0.4 is 10.1 Å². The van der Waals surface area contributed by atoms with E-state index in [0.717, 1.165) is 17.2 Å². The second kappa shape index (κ2) is 7.86. The lowest BCUT2D eigenvalue weighted by atomic mass is 9.95. The molecule has 31 heavy (non-hydrogen) atoms. The van der Waals surface area contributed by atoms with Crippen LogP contribution in [0.2, 0.25) is 0 Å². The summed E-state index contributed by atoms with van der Waals surface area (Å²) < 4.78 is 47.7. The van der Waals surface area contributed by atoms with E-state index in [1.165, 1.54) is 12.1 Å². The molecule has 0 aliphatic rings. The predicted octanol–water partition coefficient (Wildman–Crippen LogP) is 5.42. The fourth-order valence-corrected chi connectivity index (χ4v) is 2.98. The number of anilines is 1. The molecule has 3 aromatic rings. The van der Waals surface area contributed by atoms with E-state index in [4.69, 9.17) is 4.74 Å². The summed E-state index contributed by atoms with van der Waals surface area (Å²) in [5.41, 5.74) is 1.07. The zero-order valence-electron chi connectivity index (χ0n) is 18.3. The molecule has 1 N–H and O–H groups in total. The second-order valence-electron chi connectivity index (χ2n) is 8.34. The smallest absolute Gasteiger partial charge is 0.418 e. The molecular weight excluding hydrogens is 409 g/mol. The van der Waals surface area contributed by atoms with E-state index in [2.05, 4.69) is 15.4 Å². The Kier molecular flexibility index (Phi) is 5.73. The van der Waals surface area contributed by atoms with E-state index in [9.17, 15) is 18.0 Å². The molecule has 166 valence electrons. The lowest BCUT2D eigenvalue weighted by Gasteiger charge is -2.20. The van der Waals surface area contributed by atoms with Gasteiger partial charge in [0.1, 0.15) is 0 Å². The molecule has 2 aromatic heterocycles. The Morgan fingerprint density at radius 3 is 2.42 bits per heavy atom. The minimum atomic E-state index is -4.61. The van der Waals surface area contributed by atoms with Crippen molar-refractivity contribution in [3.63, 3.8) is 0 Å². The molecule has 0 radical (unpaired) electrons. The summed E-state index contributed by atoms with van der Waals surface area (Å²) in [7, 11) is 0. The summed E-state index contributed by atoms with van der Waals surface area (Å²) in [5, 5.41) is 6.83. The molecule has 9 heteroatoms. The number of carbonyl (C=O) groups excluding carboxylic acids is 1. The van der Waals surface area contributed by atoms with Crippen LogP contribution in [0.1, 0.15) is 44.4 Å². The van der Waals surface area contributed by atoms with Crippen molar-refractivity contribution in [3.8, 4) is 17.1 Å². The van der Waals surface area contributed by atoms with E-state index in [1.807, 2.05) is 20.8 Å². The minimum Gasteiger partial charge on any atom is -0.477 e. The van der Waals surface area contributed by atoms with Gasteiger partial charge in [-0.3, -0.25) is 4.79 Å². The Labute approximate surface area is 178 Å². The highest BCUT2D eigenvalue weighted by Crippen LogP contribution is 2.38. The third-order valence-electron chi connectivity index (χ3n) is 4.94. The zero-order valence-corrected chi connectivity index (χ0v) is 18.3. The van der Waals surface area contributed by atoms with Gasteiger partial charge in [0, 0.05) is 22.1 Å². The number of hydrogen-bond acceptors (Lipinski definition) is 4. The summed E-state index contributed by atoms with van der Waals surface area (Å²) in [6.07, 6.45) is -2.98. The Balaban J connectivity index is 2.12. The standard InChI is InChI=1S/C22H25F3N4O2/c1-7-31-19-13(3)12(2)18-26-17(11-29(18)28-19)14-8-9-15(22(23,24)25)16(10-14)27-20(30)21(4,5)6/h8-11H,7H2,1-6H3,(H,27,30). The van der Waals surface area contributed by atoms with Gasteiger partial charge in [0.25, 0.3) is 0 Å². The largest absolute Gasteiger partial charge is 0.477 e. The van der Waals surface area contributed by atoms with Gasteiger partial charge < -0.3 is 10.1 Å². The molecule has 6 nitrogen and oxygen atoms in total. The van der Waals surface area contributed by atoms with Gasteiger partial charge >= 0.3 is 6.18 Å². The van der Waals surface area contributed by atoms with Crippen LogP contribution in [0.4, 0.5) is 18.9 Å². The summed E-state index contributed by atoms with van der Waals surface area (Å²) in [5.74, 6) is -0.0401. The first-order valence-corrected chi connectivity index (χ1v) is 9.85. The molecule has 0 bridgehead atoms. The van der Waals surface area contributed by atoms with Crippen LogP contribution in [0.25, 0.3) is 16.9 Å². The molecule has 0 saturated carbocycles. The topological polar surface area (TPSA) is 68.5 Å². The number of alkyl halides is 3. The SMILES string of the molecule is CCOc1nn2cc(-c3ccc(C(F)(F)F)c(NC(=O)C(C)(C)C)c3)nc2c(C)c1C. The highest BCUT2D eigenvalue weighted by Gasteiger charge is 2.35. The van der Waals surface area contributed by atoms with Crippen molar-refractivity contribution in [1.82, 2.24) is 14.6 Å². The Hall–Kier alpha value is -3.10. The van der Waals surface area contributed by atoms with Crippen molar-refractivity contribution in [2.24, 2.45) is 5.41 Å². The lowest BCUT2D eigenvalue weighted by Crippen LogP contribution is -2.28. The first kappa shape index (κ1) is 22.6. The van der Waals surface area contributed by atoms with E-state index in [-0.39, 0.29) is 5.69 Å². The fraction of sp³-hybridized carbons (Fsp3) is 0.409. The molecule has 1 aromatic carbocycles. The number of nitrogens with zero attached hydrogens (tertiary/aromatic N) is 3. The second-order valence-corrected chi connectivity index (χ2v) is 8.34. The van der Waals surface area contributed by atoms with Crippen molar-refractivity contribution in [2.75, 3.05) is 11.9 Å². The predicted molar refractivity (Wildman–Crippen MR) is 112 cm³/mol. The zero-order chi connectivity index (χ0) is 23.1. The Morgan fingerprint density at radius 1 is 1.16 bits per heavy atom. The maximum atomic E-state index is 13.5. The molecule has 3 rings (SSSR count). The maximum Gasteiger partial charge on any atom is 0.418 e. The molecule has 0 aliphatic heterocycles. The first-order valence-electron chi connectivity index (χ1n) is 9.85. The average Bonchev–Trinajstić information content (AvgIpc) is 3.08. The van der Waals surface area contributed by atoms with Crippen LogP contribution in [-0.4, -0.2) is 27.1 Å². The monoisotopic (exact) mass is 434 g/mol. The van der Waals surface area contributed by atoms with Crippen LogP contribution in [0.15, 0.2) is 24.4 Å². The quantitative estimate of drug-likeness (QED) is 0.596. The number of ether oxygens (including phenoxy) is 1. The van der Waals surface area contributed by atoms with Crippen LogP contribution in [0, 0.1) is 19.3 Å². The van der Waals surface area contributed by atoms with Gasteiger partial charge in [-0.05, 0) is 32.9 Å². The van der Waals surface area contributed by atoms with E-state index >= 15 is 0 Å². The maximum absolute atomic E-state index is 13.5. The molecule has 0 fully saturated rings. The summed E-state index contributed by atoms with van der Waals surface area (Å²) in [6, 6.07) is 3.58. The van der Waals surface area contributed by atoms with Gasteiger partial charge in [0.05, 0.1) is 29.7 Å². The van der Waals surface area contributed by atoms with E-state index in [1.54, 1.807) is 31.5 Å². The minimum absolute atomic E-state index is 0.308. The number of halogens is 3. The van der Waals surface area contributed by atoms with Crippen molar-refractivity contribution >= 4 is 17.2 Å². The summed E-state index contributed by atoms with van der Waals surface area (Å²) in [6.45, 7) is 11.0. The van der Waals surface area contributed by atoms with Crippen molar-refractivity contribution in [1.29, 1.82) is 0 Å². The number of fused-ring (bicyclic) bond motifs is 1.